The zero-order chi connectivity index (χ0) is 19.2. The molecule has 0 unspecified atom stereocenters. The number of rotatable bonds is 5. The van der Waals surface area contributed by atoms with E-state index in [9.17, 15) is 14.4 Å². The molecule has 2 aromatic carbocycles. The van der Waals surface area contributed by atoms with Gasteiger partial charge in [0, 0.05) is 35.3 Å². The van der Waals surface area contributed by atoms with E-state index in [-0.39, 0.29) is 11.8 Å². The Hall–Kier alpha value is -3.52. The largest absolute Gasteiger partial charge is 0.427 e. The molecule has 0 spiro atoms. The van der Waals surface area contributed by atoms with Gasteiger partial charge < -0.3 is 10.1 Å². The average Bonchev–Trinajstić information content (AvgIpc) is 3.15. The van der Waals surface area contributed by atoms with E-state index in [1.165, 1.54) is 30.4 Å². The molecule has 3 aromatic rings. The number of carbonyl (C=O) groups is 3. The maximum atomic E-state index is 12.4. The Labute approximate surface area is 159 Å². The molecule has 2 amide bonds. The monoisotopic (exact) mass is 381 g/mol. The maximum absolute atomic E-state index is 12.4. The molecular formula is C19H15N3O4S. The second-order valence-corrected chi connectivity index (χ2v) is 6.34. The standard InChI is InChI=1S/C19H15N3O4S/c1-12(23)26-16-7-5-13(6-8-16)17(24)21-15-4-2-3-14(11-15)18(25)22-19-20-9-10-27-19/h2-11H,1H3,(H,21,24)(H,20,22,25). The Morgan fingerprint density at radius 2 is 1.70 bits per heavy atom. The van der Waals surface area contributed by atoms with E-state index < -0.39 is 5.97 Å². The fraction of sp³-hybridized carbons (Fsp3) is 0.0526. The average molecular weight is 381 g/mol. The van der Waals surface area contributed by atoms with Crippen LogP contribution in [0.5, 0.6) is 5.75 Å². The molecule has 0 radical (unpaired) electrons. The van der Waals surface area contributed by atoms with E-state index in [1.807, 2.05) is 0 Å². The molecule has 3 rings (SSSR count). The molecule has 1 heterocycles. The molecule has 0 aliphatic carbocycles. The lowest BCUT2D eigenvalue weighted by molar-refractivity contribution is -0.131. The van der Waals surface area contributed by atoms with Gasteiger partial charge in [-0.1, -0.05) is 6.07 Å². The van der Waals surface area contributed by atoms with Gasteiger partial charge in [-0.15, -0.1) is 11.3 Å². The van der Waals surface area contributed by atoms with Crippen LogP contribution in [0.1, 0.15) is 27.6 Å². The molecule has 1 aromatic heterocycles. The third-order valence-corrected chi connectivity index (χ3v) is 4.10. The quantitative estimate of drug-likeness (QED) is 0.520. The summed E-state index contributed by atoms with van der Waals surface area (Å²) in [5, 5.41) is 7.68. The summed E-state index contributed by atoms with van der Waals surface area (Å²) < 4.78 is 4.93. The molecule has 8 heteroatoms. The highest BCUT2D eigenvalue weighted by Crippen LogP contribution is 2.17. The molecule has 2 N–H and O–H groups in total. The van der Waals surface area contributed by atoms with E-state index in [2.05, 4.69) is 15.6 Å². The molecular weight excluding hydrogens is 366 g/mol. The van der Waals surface area contributed by atoms with Crippen molar-refractivity contribution in [2.45, 2.75) is 6.92 Å². The van der Waals surface area contributed by atoms with Crippen molar-refractivity contribution in [1.29, 1.82) is 0 Å². The van der Waals surface area contributed by atoms with E-state index in [0.29, 0.717) is 27.7 Å². The Balaban J connectivity index is 1.67. The minimum atomic E-state index is -0.431. The van der Waals surface area contributed by atoms with Gasteiger partial charge in [0.2, 0.25) is 0 Å². The van der Waals surface area contributed by atoms with Crippen LogP contribution in [0.15, 0.2) is 60.1 Å². The van der Waals surface area contributed by atoms with Gasteiger partial charge in [-0.2, -0.15) is 0 Å². The summed E-state index contributed by atoms with van der Waals surface area (Å²) in [6.07, 6.45) is 1.60. The highest BCUT2D eigenvalue weighted by Gasteiger charge is 2.11. The lowest BCUT2D eigenvalue weighted by Crippen LogP contribution is -2.14. The number of hydrogen-bond donors (Lipinski definition) is 2. The lowest BCUT2D eigenvalue weighted by atomic mass is 10.1. The van der Waals surface area contributed by atoms with Gasteiger partial charge in [-0.25, -0.2) is 4.98 Å². The minimum absolute atomic E-state index is 0.313. The normalized spacial score (nSPS) is 10.1. The number of hydrogen-bond acceptors (Lipinski definition) is 6. The molecule has 0 saturated carbocycles. The molecule has 0 atom stereocenters. The first-order valence-corrected chi connectivity index (χ1v) is 8.80. The molecule has 0 bridgehead atoms. The fourth-order valence-corrected chi connectivity index (χ4v) is 2.76. The number of aromatic nitrogens is 1. The van der Waals surface area contributed by atoms with Gasteiger partial charge in [0.1, 0.15) is 5.75 Å². The van der Waals surface area contributed by atoms with Crippen LogP contribution in [0.25, 0.3) is 0 Å². The summed E-state index contributed by atoms with van der Waals surface area (Å²) in [5.41, 5.74) is 1.27. The molecule has 0 aliphatic rings. The summed E-state index contributed by atoms with van der Waals surface area (Å²) in [7, 11) is 0. The van der Waals surface area contributed by atoms with Crippen LogP contribution < -0.4 is 15.4 Å². The van der Waals surface area contributed by atoms with Gasteiger partial charge in [0.05, 0.1) is 0 Å². The second kappa shape index (κ2) is 8.24. The van der Waals surface area contributed by atoms with Crippen molar-refractivity contribution in [3.8, 4) is 5.75 Å². The van der Waals surface area contributed by atoms with Crippen LogP contribution in [0, 0.1) is 0 Å². The summed E-state index contributed by atoms with van der Waals surface area (Å²) in [4.78, 5) is 39.5. The number of nitrogens with one attached hydrogen (secondary N) is 2. The molecule has 0 aliphatic heterocycles. The van der Waals surface area contributed by atoms with Crippen LogP contribution in [-0.2, 0) is 4.79 Å². The number of esters is 1. The van der Waals surface area contributed by atoms with E-state index >= 15 is 0 Å². The van der Waals surface area contributed by atoms with Crippen molar-refractivity contribution in [1.82, 2.24) is 4.98 Å². The molecule has 27 heavy (non-hydrogen) atoms. The van der Waals surface area contributed by atoms with E-state index in [1.54, 1.807) is 48.0 Å². The van der Waals surface area contributed by atoms with Gasteiger partial charge >= 0.3 is 5.97 Å². The summed E-state index contributed by atoms with van der Waals surface area (Å²) >= 11 is 1.32. The SMILES string of the molecule is CC(=O)Oc1ccc(C(=O)Nc2cccc(C(=O)Nc3nccs3)c2)cc1. The highest BCUT2D eigenvalue weighted by molar-refractivity contribution is 7.13. The third-order valence-electron chi connectivity index (χ3n) is 3.41. The number of ether oxygens (including phenoxy) is 1. The molecule has 7 nitrogen and oxygen atoms in total. The maximum Gasteiger partial charge on any atom is 0.308 e. The van der Waals surface area contributed by atoms with Gasteiger partial charge in [-0.3, -0.25) is 19.7 Å². The number of carbonyl (C=O) groups excluding carboxylic acids is 3. The molecule has 136 valence electrons. The molecule has 0 saturated heterocycles. The van der Waals surface area contributed by atoms with Crippen LogP contribution in [0.2, 0.25) is 0 Å². The predicted octanol–water partition coefficient (Wildman–Crippen LogP) is 3.57. The first kappa shape index (κ1) is 18.3. The van der Waals surface area contributed by atoms with E-state index in [4.69, 9.17) is 4.74 Å². The van der Waals surface area contributed by atoms with Crippen LogP contribution in [0.3, 0.4) is 0 Å². The zero-order valence-corrected chi connectivity index (χ0v) is 15.1. The van der Waals surface area contributed by atoms with Crippen molar-refractivity contribution in [2.24, 2.45) is 0 Å². The summed E-state index contributed by atoms with van der Waals surface area (Å²) in [6.45, 7) is 1.30. The van der Waals surface area contributed by atoms with Crippen molar-refractivity contribution in [3.05, 3.63) is 71.2 Å². The zero-order valence-electron chi connectivity index (χ0n) is 14.3. The number of thiazole rings is 1. The summed E-state index contributed by atoms with van der Waals surface area (Å²) in [5.74, 6) is -0.728. The second-order valence-electron chi connectivity index (χ2n) is 5.44. The summed E-state index contributed by atoms with van der Waals surface area (Å²) in [6, 6.07) is 12.8. The highest BCUT2D eigenvalue weighted by atomic mass is 32.1. The third kappa shape index (κ3) is 4.99. The van der Waals surface area contributed by atoms with Crippen molar-refractivity contribution in [3.63, 3.8) is 0 Å². The van der Waals surface area contributed by atoms with Gasteiger partial charge in [0.25, 0.3) is 11.8 Å². The van der Waals surface area contributed by atoms with Crippen LogP contribution in [-0.4, -0.2) is 22.8 Å². The van der Waals surface area contributed by atoms with Crippen molar-refractivity contribution in [2.75, 3.05) is 10.6 Å². The first-order valence-electron chi connectivity index (χ1n) is 7.92. The number of nitrogens with zero attached hydrogens (tertiary/aromatic N) is 1. The Kier molecular flexibility index (Phi) is 5.58. The number of anilines is 2. The van der Waals surface area contributed by atoms with Crippen molar-refractivity contribution < 1.29 is 19.1 Å². The predicted molar refractivity (Wildman–Crippen MR) is 102 cm³/mol. The van der Waals surface area contributed by atoms with E-state index in [0.717, 1.165) is 0 Å². The van der Waals surface area contributed by atoms with Gasteiger partial charge in [-0.05, 0) is 42.5 Å². The van der Waals surface area contributed by atoms with Crippen molar-refractivity contribution >= 4 is 39.9 Å². The van der Waals surface area contributed by atoms with Gasteiger partial charge in [0.15, 0.2) is 5.13 Å². The minimum Gasteiger partial charge on any atom is -0.427 e. The Morgan fingerprint density at radius 1 is 0.963 bits per heavy atom. The molecule has 0 fully saturated rings. The number of amides is 2. The fourth-order valence-electron chi connectivity index (χ4n) is 2.24. The topological polar surface area (TPSA) is 97.4 Å². The Bertz CT molecular complexity index is 969. The van der Waals surface area contributed by atoms with Crippen LogP contribution >= 0.6 is 11.3 Å². The first-order chi connectivity index (χ1) is 13.0. The lowest BCUT2D eigenvalue weighted by Gasteiger charge is -2.08. The number of benzene rings is 2. The van der Waals surface area contributed by atoms with Crippen LogP contribution in [0.4, 0.5) is 10.8 Å². The Morgan fingerprint density at radius 3 is 2.37 bits per heavy atom. The smallest absolute Gasteiger partial charge is 0.308 e.